The maximum Gasteiger partial charge on any atom is 0.303 e. The average Bonchev–Trinajstić information content (AvgIpc) is 2.97. The second-order valence-electron chi connectivity index (χ2n) is 11.0. The molecule has 11 unspecified atom stereocenters. The highest BCUT2D eigenvalue weighted by Crippen LogP contribution is 2.26. The largest absolute Gasteiger partial charge is 0.458 e. The summed E-state index contributed by atoms with van der Waals surface area (Å²) >= 11 is 0. The van der Waals surface area contributed by atoms with E-state index in [9.17, 15) is 40.5 Å². The van der Waals surface area contributed by atoms with E-state index in [4.69, 9.17) is 28.4 Å². The number of hydrogen-bond acceptors (Lipinski definition) is 14. The van der Waals surface area contributed by atoms with Crippen LogP contribution in [-0.4, -0.2) is 142 Å². The highest BCUT2D eigenvalue weighted by Gasteiger charge is 2.47. The van der Waals surface area contributed by atoms with E-state index in [-0.39, 0.29) is 13.2 Å². The molecule has 0 aromatic heterocycles. The number of carbonyl (C=O) groups is 1. The molecule has 2 saturated heterocycles. The van der Waals surface area contributed by atoms with E-state index in [0.29, 0.717) is 6.61 Å². The van der Waals surface area contributed by atoms with E-state index < -0.39 is 86.7 Å². The predicted molar refractivity (Wildman–Crippen MR) is 146 cm³/mol. The van der Waals surface area contributed by atoms with Crippen LogP contribution in [0.1, 0.15) is 71.6 Å². The molecule has 42 heavy (non-hydrogen) atoms. The Bertz CT molecular complexity index is 727. The first kappa shape index (κ1) is 37.2. The van der Waals surface area contributed by atoms with E-state index >= 15 is 0 Å². The van der Waals surface area contributed by atoms with Gasteiger partial charge in [-0.2, -0.15) is 0 Å². The Hall–Kier alpha value is -1.01. The second-order valence-corrected chi connectivity index (χ2v) is 11.0. The first-order valence-electron chi connectivity index (χ1n) is 15.1. The van der Waals surface area contributed by atoms with Crippen LogP contribution in [0.3, 0.4) is 0 Å². The number of esters is 1. The van der Waals surface area contributed by atoms with Gasteiger partial charge in [-0.15, -0.1) is 0 Å². The zero-order valence-electron chi connectivity index (χ0n) is 24.7. The molecule has 0 amide bonds. The monoisotopic (exact) mass is 612 g/mol. The molecule has 14 heteroatoms. The van der Waals surface area contributed by atoms with Crippen molar-refractivity contribution in [2.24, 2.45) is 0 Å². The van der Waals surface area contributed by atoms with Gasteiger partial charge in [0.15, 0.2) is 12.6 Å². The summed E-state index contributed by atoms with van der Waals surface area (Å²) < 4.78 is 32.8. The molecular weight excluding hydrogens is 560 g/mol. The summed E-state index contributed by atoms with van der Waals surface area (Å²) in [5.41, 5.74) is 0. The minimum atomic E-state index is -1.69. The Morgan fingerprint density at radius 3 is 1.79 bits per heavy atom. The highest BCUT2D eigenvalue weighted by molar-refractivity contribution is 5.66. The topological polar surface area (TPSA) is 214 Å². The van der Waals surface area contributed by atoms with Crippen molar-refractivity contribution in [2.75, 3.05) is 33.0 Å². The summed E-state index contributed by atoms with van der Waals surface area (Å²) in [6.45, 7) is 2.61. The number of hydrogen-bond donors (Lipinski definition) is 7. The van der Waals surface area contributed by atoms with Crippen LogP contribution in [0.2, 0.25) is 0 Å². The predicted octanol–water partition coefficient (Wildman–Crippen LogP) is -0.894. The fourth-order valence-electron chi connectivity index (χ4n) is 4.87. The number of aliphatic hydroxyl groups excluding tert-OH is 7. The molecule has 0 spiro atoms. The van der Waals surface area contributed by atoms with Gasteiger partial charge in [-0.3, -0.25) is 4.79 Å². The molecule has 0 aliphatic carbocycles. The molecule has 0 saturated carbocycles. The number of unbranched alkanes of at least 4 members (excludes halogenated alkanes) is 8. The lowest BCUT2D eigenvalue weighted by molar-refractivity contribution is -0.332. The van der Waals surface area contributed by atoms with Gasteiger partial charge < -0.3 is 64.2 Å². The summed E-state index contributed by atoms with van der Waals surface area (Å²) in [6.07, 6.45) is -5.51. The van der Waals surface area contributed by atoms with Crippen molar-refractivity contribution in [3.05, 3.63) is 0 Å². The van der Waals surface area contributed by atoms with Gasteiger partial charge in [0.2, 0.25) is 0 Å². The molecule has 2 heterocycles. The highest BCUT2D eigenvalue weighted by atomic mass is 16.7. The molecule has 7 N–H and O–H groups in total. The van der Waals surface area contributed by atoms with E-state index in [1.54, 1.807) is 0 Å². The quantitative estimate of drug-likeness (QED) is 0.0656. The first-order chi connectivity index (χ1) is 20.1. The molecule has 0 radical (unpaired) electrons. The Kier molecular flexibility index (Phi) is 17.8. The van der Waals surface area contributed by atoms with Gasteiger partial charge in [0.1, 0.15) is 54.9 Å². The maximum atomic E-state index is 11.6. The zero-order valence-corrected chi connectivity index (χ0v) is 24.7. The van der Waals surface area contributed by atoms with Crippen LogP contribution in [0, 0.1) is 0 Å². The van der Waals surface area contributed by atoms with Crippen LogP contribution in [0.4, 0.5) is 0 Å². The van der Waals surface area contributed by atoms with Gasteiger partial charge in [0.05, 0.1) is 26.4 Å². The van der Waals surface area contributed by atoms with Crippen LogP contribution in [-0.2, 0) is 33.2 Å². The van der Waals surface area contributed by atoms with E-state index in [1.807, 2.05) is 0 Å². The maximum absolute atomic E-state index is 11.6. The Morgan fingerprint density at radius 1 is 0.690 bits per heavy atom. The third kappa shape index (κ3) is 12.2. The summed E-state index contributed by atoms with van der Waals surface area (Å²) in [5, 5.41) is 70.4. The van der Waals surface area contributed by atoms with Gasteiger partial charge >= 0.3 is 5.97 Å². The Labute approximate surface area is 247 Å². The van der Waals surface area contributed by atoms with Crippen molar-refractivity contribution in [2.45, 2.75) is 139 Å². The third-order valence-corrected chi connectivity index (χ3v) is 7.42. The summed E-state index contributed by atoms with van der Waals surface area (Å²) in [5.74, 6) is -0.554. The molecular formula is C28H52O14. The van der Waals surface area contributed by atoms with Crippen molar-refractivity contribution >= 4 is 5.97 Å². The van der Waals surface area contributed by atoms with E-state index in [1.165, 1.54) is 45.4 Å². The summed E-state index contributed by atoms with van der Waals surface area (Å²) in [4.78, 5) is 11.6. The summed E-state index contributed by atoms with van der Waals surface area (Å²) in [7, 11) is 0. The molecule has 0 aromatic carbocycles. The van der Waals surface area contributed by atoms with Gasteiger partial charge in [0.25, 0.3) is 0 Å². The number of carbonyl (C=O) groups excluding carboxylic acids is 1. The average molecular weight is 613 g/mol. The van der Waals surface area contributed by atoms with E-state index in [2.05, 4.69) is 6.92 Å². The van der Waals surface area contributed by atoms with Crippen LogP contribution >= 0.6 is 0 Å². The Morgan fingerprint density at radius 2 is 1.21 bits per heavy atom. The molecule has 2 rings (SSSR count). The third-order valence-electron chi connectivity index (χ3n) is 7.42. The molecule has 248 valence electrons. The van der Waals surface area contributed by atoms with Crippen LogP contribution in [0.5, 0.6) is 0 Å². The molecule has 2 aliphatic rings. The van der Waals surface area contributed by atoms with Crippen LogP contribution in [0.15, 0.2) is 0 Å². The number of ether oxygens (including phenoxy) is 6. The van der Waals surface area contributed by atoms with Crippen LogP contribution < -0.4 is 0 Å². The second kappa shape index (κ2) is 20.1. The molecule has 2 aliphatic heterocycles. The van der Waals surface area contributed by atoms with E-state index in [0.717, 1.165) is 19.3 Å². The van der Waals surface area contributed by atoms with Crippen molar-refractivity contribution in [3.8, 4) is 0 Å². The molecule has 0 bridgehead atoms. The molecule has 11 atom stereocenters. The normalized spacial score (nSPS) is 34.3. The summed E-state index contributed by atoms with van der Waals surface area (Å²) in [6, 6.07) is 0. The van der Waals surface area contributed by atoms with Crippen LogP contribution in [0.25, 0.3) is 0 Å². The lowest BCUT2D eigenvalue weighted by Crippen LogP contribution is -2.61. The van der Waals surface area contributed by atoms with Crippen molar-refractivity contribution < 1.29 is 69.0 Å². The van der Waals surface area contributed by atoms with Gasteiger partial charge in [-0.25, -0.2) is 0 Å². The van der Waals surface area contributed by atoms with Crippen molar-refractivity contribution in [3.63, 3.8) is 0 Å². The fourth-order valence-corrected chi connectivity index (χ4v) is 4.87. The zero-order chi connectivity index (χ0) is 31.1. The SMILES string of the molecule is CCCCCCCCCCCOCC(COC1OC(COC2OC(CO)C(O)C(O)C2O)C(O)C(O)C1O)OC(C)=O. The molecule has 2 fully saturated rings. The Balaban J connectivity index is 1.79. The van der Waals surface area contributed by atoms with Gasteiger partial charge in [0, 0.05) is 13.5 Å². The van der Waals surface area contributed by atoms with Crippen molar-refractivity contribution in [1.29, 1.82) is 0 Å². The smallest absolute Gasteiger partial charge is 0.303 e. The lowest BCUT2D eigenvalue weighted by Gasteiger charge is -2.42. The number of aliphatic hydroxyl groups is 7. The molecule has 0 aromatic rings. The minimum Gasteiger partial charge on any atom is -0.458 e. The molecule has 14 nitrogen and oxygen atoms in total. The number of rotatable bonds is 20. The van der Waals surface area contributed by atoms with Gasteiger partial charge in [-0.1, -0.05) is 58.3 Å². The van der Waals surface area contributed by atoms with Crippen molar-refractivity contribution in [1.82, 2.24) is 0 Å². The minimum absolute atomic E-state index is 0.0498. The van der Waals surface area contributed by atoms with Gasteiger partial charge in [-0.05, 0) is 6.42 Å². The fraction of sp³-hybridized carbons (Fsp3) is 0.964. The first-order valence-corrected chi connectivity index (χ1v) is 15.1. The standard InChI is InChI=1S/C28H52O14/c1-3-4-5-6-7-8-9-10-11-12-37-14-18(40-17(2)30)15-38-27-26(36)24(34)22(32)20(42-27)16-39-28-25(35)23(33)21(31)19(13-29)41-28/h18-29,31-36H,3-16H2,1-2H3. The lowest BCUT2D eigenvalue weighted by atomic mass is 9.98.